The van der Waals surface area contributed by atoms with Gasteiger partial charge in [-0.2, -0.15) is 10.4 Å². The minimum atomic E-state index is -0.212. The van der Waals surface area contributed by atoms with Crippen molar-refractivity contribution in [2.45, 2.75) is 6.54 Å². The van der Waals surface area contributed by atoms with Crippen LogP contribution in [0, 0.1) is 23.8 Å². The van der Waals surface area contributed by atoms with Crippen molar-refractivity contribution >= 4 is 5.96 Å². The van der Waals surface area contributed by atoms with E-state index in [4.69, 9.17) is 11.7 Å². The molecule has 0 aliphatic rings. The van der Waals surface area contributed by atoms with Crippen LogP contribution in [-0.2, 0) is 6.54 Å². The maximum absolute atomic E-state index is 11.9. The van der Waals surface area contributed by atoms with E-state index in [9.17, 15) is 4.79 Å². The number of nitriles is 1. The van der Waals surface area contributed by atoms with Crippen LogP contribution in [0.1, 0.15) is 0 Å². The van der Waals surface area contributed by atoms with E-state index >= 15 is 0 Å². The summed E-state index contributed by atoms with van der Waals surface area (Å²) in [5, 5.41) is 18.2. The third-order valence-corrected chi connectivity index (χ3v) is 3.05. The van der Waals surface area contributed by atoms with Crippen molar-refractivity contribution in [3.63, 3.8) is 0 Å². The van der Waals surface area contributed by atoms with Crippen LogP contribution in [0.2, 0.25) is 0 Å². The predicted molar refractivity (Wildman–Crippen MR) is 91.8 cm³/mol. The Morgan fingerprint density at radius 1 is 1.29 bits per heavy atom. The zero-order valence-electron chi connectivity index (χ0n) is 12.9. The SMILES string of the molecule is C#CCNC(=NCCn1nc(-c2ccccc2)ccc1=O)NC#N. The Morgan fingerprint density at radius 2 is 2.08 bits per heavy atom. The van der Waals surface area contributed by atoms with E-state index in [1.807, 2.05) is 30.3 Å². The van der Waals surface area contributed by atoms with E-state index in [2.05, 4.69) is 26.6 Å². The average Bonchev–Trinajstić information content (AvgIpc) is 2.62. The number of benzene rings is 1. The molecule has 7 heteroatoms. The Kier molecular flexibility index (Phi) is 6.13. The lowest BCUT2D eigenvalue weighted by Gasteiger charge is -2.07. The molecule has 1 aromatic heterocycles. The molecule has 0 saturated carbocycles. The van der Waals surface area contributed by atoms with Crippen LogP contribution in [0.25, 0.3) is 11.3 Å². The average molecular weight is 320 g/mol. The topological polar surface area (TPSA) is 95.1 Å². The maximum Gasteiger partial charge on any atom is 0.266 e. The molecule has 0 radical (unpaired) electrons. The maximum atomic E-state index is 11.9. The Morgan fingerprint density at radius 3 is 2.79 bits per heavy atom. The van der Waals surface area contributed by atoms with Crippen molar-refractivity contribution in [2.24, 2.45) is 4.99 Å². The largest absolute Gasteiger partial charge is 0.345 e. The molecule has 0 aliphatic heterocycles. The molecule has 1 heterocycles. The Hall–Kier alpha value is -3.58. The summed E-state index contributed by atoms with van der Waals surface area (Å²) in [6.07, 6.45) is 6.92. The number of aromatic nitrogens is 2. The molecule has 120 valence electrons. The van der Waals surface area contributed by atoms with Gasteiger partial charge in [-0.15, -0.1) is 6.42 Å². The summed E-state index contributed by atoms with van der Waals surface area (Å²) in [7, 11) is 0. The Bertz CT molecular complexity index is 842. The number of rotatable bonds is 5. The second kappa shape index (κ2) is 8.76. The molecule has 0 atom stereocenters. The van der Waals surface area contributed by atoms with Gasteiger partial charge < -0.3 is 5.32 Å². The van der Waals surface area contributed by atoms with Gasteiger partial charge in [-0.3, -0.25) is 15.1 Å². The zero-order valence-corrected chi connectivity index (χ0v) is 12.9. The lowest BCUT2D eigenvalue weighted by atomic mass is 10.1. The fourth-order valence-corrected chi connectivity index (χ4v) is 1.96. The lowest BCUT2D eigenvalue weighted by molar-refractivity contribution is 0.589. The monoisotopic (exact) mass is 320 g/mol. The minimum absolute atomic E-state index is 0.212. The first-order valence-corrected chi connectivity index (χ1v) is 7.25. The smallest absolute Gasteiger partial charge is 0.266 e. The zero-order chi connectivity index (χ0) is 17.2. The minimum Gasteiger partial charge on any atom is -0.345 e. The van der Waals surface area contributed by atoms with Crippen LogP contribution in [-0.4, -0.2) is 28.8 Å². The van der Waals surface area contributed by atoms with E-state index in [1.165, 1.54) is 10.7 Å². The molecule has 2 rings (SSSR count). The highest BCUT2D eigenvalue weighted by molar-refractivity contribution is 5.81. The summed E-state index contributed by atoms with van der Waals surface area (Å²) in [6, 6.07) is 12.8. The van der Waals surface area contributed by atoms with Crippen LogP contribution < -0.4 is 16.2 Å². The highest BCUT2D eigenvalue weighted by Gasteiger charge is 2.03. The first-order valence-electron chi connectivity index (χ1n) is 7.25. The normalized spacial score (nSPS) is 10.5. The summed E-state index contributed by atoms with van der Waals surface area (Å²) in [4.78, 5) is 16.1. The predicted octanol–water partition coefficient (Wildman–Crippen LogP) is 0.560. The molecule has 0 aliphatic carbocycles. The van der Waals surface area contributed by atoms with Gasteiger partial charge in [0.2, 0.25) is 5.96 Å². The number of guanidine groups is 1. The summed E-state index contributed by atoms with van der Waals surface area (Å²) >= 11 is 0. The molecule has 0 saturated heterocycles. The van der Waals surface area contributed by atoms with Crippen LogP contribution in [0.5, 0.6) is 0 Å². The molecule has 0 unspecified atom stereocenters. The summed E-state index contributed by atoms with van der Waals surface area (Å²) in [6.45, 7) is 0.801. The number of hydrogen-bond acceptors (Lipinski definition) is 4. The number of hydrogen-bond donors (Lipinski definition) is 2. The van der Waals surface area contributed by atoms with Crippen molar-refractivity contribution in [3.8, 4) is 29.8 Å². The van der Waals surface area contributed by atoms with E-state index < -0.39 is 0 Å². The molecule has 0 fully saturated rings. The van der Waals surface area contributed by atoms with E-state index in [0.717, 1.165) is 5.56 Å². The molecule has 24 heavy (non-hydrogen) atoms. The fraction of sp³-hybridized carbons (Fsp3) is 0.176. The third kappa shape index (κ3) is 4.72. The molecule has 2 aromatic rings. The van der Waals surface area contributed by atoms with Gasteiger partial charge in [0.25, 0.3) is 5.56 Å². The van der Waals surface area contributed by atoms with Crippen molar-refractivity contribution in [2.75, 3.05) is 13.1 Å². The van der Waals surface area contributed by atoms with Crippen LogP contribution in [0.3, 0.4) is 0 Å². The van der Waals surface area contributed by atoms with Crippen LogP contribution >= 0.6 is 0 Å². The summed E-state index contributed by atoms with van der Waals surface area (Å²) < 4.78 is 1.34. The highest BCUT2D eigenvalue weighted by Crippen LogP contribution is 2.13. The number of aliphatic imine (C=N–C) groups is 1. The fourth-order valence-electron chi connectivity index (χ4n) is 1.96. The van der Waals surface area contributed by atoms with E-state index in [1.54, 1.807) is 12.3 Å². The van der Waals surface area contributed by atoms with Gasteiger partial charge in [-0.05, 0) is 6.07 Å². The second-order valence-corrected chi connectivity index (χ2v) is 4.67. The van der Waals surface area contributed by atoms with E-state index in [-0.39, 0.29) is 31.2 Å². The highest BCUT2D eigenvalue weighted by atomic mass is 16.1. The Balaban J connectivity index is 2.11. The van der Waals surface area contributed by atoms with Crippen molar-refractivity contribution < 1.29 is 0 Å². The van der Waals surface area contributed by atoms with Crippen LogP contribution in [0.4, 0.5) is 0 Å². The molecule has 7 nitrogen and oxygen atoms in total. The first-order chi connectivity index (χ1) is 11.7. The van der Waals surface area contributed by atoms with Gasteiger partial charge in [-0.1, -0.05) is 36.3 Å². The molecule has 0 bridgehead atoms. The van der Waals surface area contributed by atoms with Crippen LogP contribution in [0.15, 0.2) is 52.3 Å². The summed E-state index contributed by atoms with van der Waals surface area (Å²) in [5.41, 5.74) is 1.42. The third-order valence-electron chi connectivity index (χ3n) is 3.05. The van der Waals surface area contributed by atoms with Crippen molar-refractivity contribution in [1.29, 1.82) is 5.26 Å². The molecule has 2 N–H and O–H groups in total. The first kappa shape index (κ1) is 16.8. The molecule has 0 amide bonds. The number of nitrogens with zero attached hydrogens (tertiary/aromatic N) is 4. The quantitative estimate of drug-likeness (QED) is 0.276. The Labute approximate surface area is 139 Å². The molecule has 1 aromatic carbocycles. The number of terminal acetylenes is 1. The molecular weight excluding hydrogens is 304 g/mol. The molecule has 0 spiro atoms. The van der Waals surface area contributed by atoms with Gasteiger partial charge in [0.1, 0.15) is 0 Å². The van der Waals surface area contributed by atoms with Gasteiger partial charge in [0.15, 0.2) is 6.19 Å². The molecular formula is C17H16N6O. The van der Waals surface area contributed by atoms with Gasteiger partial charge >= 0.3 is 0 Å². The van der Waals surface area contributed by atoms with Gasteiger partial charge in [-0.25, -0.2) is 4.68 Å². The van der Waals surface area contributed by atoms with Gasteiger partial charge in [0.05, 0.1) is 25.3 Å². The van der Waals surface area contributed by atoms with Crippen molar-refractivity contribution in [3.05, 3.63) is 52.8 Å². The summed E-state index contributed by atoms with van der Waals surface area (Å²) in [5.74, 6) is 2.66. The standard InChI is InChI=1S/C17H16N6O/c1-2-10-19-17(21-13-18)20-11-12-23-16(24)9-8-15(22-23)14-6-4-3-5-7-14/h1,3-9H,10-12H2,(H2,19,20,21). The van der Waals surface area contributed by atoms with Crippen molar-refractivity contribution in [1.82, 2.24) is 20.4 Å². The van der Waals surface area contributed by atoms with Gasteiger partial charge in [0, 0.05) is 11.6 Å². The number of nitrogens with one attached hydrogen (secondary N) is 2. The lowest BCUT2D eigenvalue weighted by Crippen LogP contribution is -2.35. The second-order valence-electron chi connectivity index (χ2n) is 4.67. The van der Waals surface area contributed by atoms with E-state index in [0.29, 0.717) is 5.69 Å².